The van der Waals surface area contributed by atoms with Crippen LogP contribution < -0.4 is 30.1 Å². The third kappa shape index (κ3) is 7.85. The smallest absolute Gasteiger partial charge is 0.255 e. The molecule has 0 spiro atoms. The van der Waals surface area contributed by atoms with Crippen molar-refractivity contribution in [2.24, 2.45) is 0 Å². The van der Waals surface area contributed by atoms with E-state index in [0.29, 0.717) is 29.7 Å². The highest BCUT2D eigenvalue weighted by Crippen LogP contribution is 2.39. The van der Waals surface area contributed by atoms with Crippen LogP contribution in [0.3, 0.4) is 0 Å². The predicted octanol–water partition coefficient (Wildman–Crippen LogP) is 5.42. The van der Waals surface area contributed by atoms with Crippen molar-refractivity contribution in [3.8, 4) is 17.2 Å². The highest BCUT2D eigenvalue weighted by Gasteiger charge is 2.30. The Morgan fingerprint density at radius 1 is 1.04 bits per heavy atom. The zero-order valence-corrected chi connectivity index (χ0v) is 25.9. The van der Waals surface area contributed by atoms with Crippen LogP contribution in [-0.2, 0) is 9.63 Å². The fraction of sp³-hybridized carbons (Fsp3) is 0.273. The van der Waals surface area contributed by atoms with Crippen LogP contribution in [0.25, 0.3) is 0 Å². The lowest BCUT2D eigenvalue weighted by atomic mass is 10.0. The second-order valence-electron chi connectivity index (χ2n) is 10.7. The van der Waals surface area contributed by atoms with Crippen LogP contribution in [0, 0.1) is 0 Å². The highest BCUT2D eigenvalue weighted by molar-refractivity contribution is 6.02. The van der Waals surface area contributed by atoms with Crippen molar-refractivity contribution in [2.45, 2.75) is 12.5 Å². The molecule has 1 aliphatic rings. The van der Waals surface area contributed by atoms with Gasteiger partial charge in [0.2, 0.25) is 11.9 Å². The zero-order chi connectivity index (χ0) is 31.8. The van der Waals surface area contributed by atoms with Crippen molar-refractivity contribution in [1.82, 2.24) is 19.9 Å². The Morgan fingerprint density at radius 2 is 1.84 bits per heavy atom. The summed E-state index contributed by atoms with van der Waals surface area (Å²) in [6.45, 7) is 5.65. The van der Waals surface area contributed by atoms with E-state index >= 15 is 0 Å². The SMILES string of the molecule is C=CC(=O)Nc1cc(Nc2ncnc(N3OCCC3c3cccc(Oc4ccccc4)c3)n2)c(OC)cc1N(C)CCN(C)C. The number of amides is 1. The molecule has 5 rings (SSSR count). The van der Waals surface area contributed by atoms with Crippen LogP contribution in [0.15, 0.2) is 85.7 Å². The molecule has 1 amide bonds. The maximum absolute atomic E-state index is 12.3. The molecule has 1 aliphatic heterocycles. The number of methoxy groups -OCH3 is 1. The second kappa shape index (κ2) is 14.5. The number of hydrogen-bond acceptors (Lipinski definition) is 11. The van der Waals surface area contributed by atoms with E-state index in [4.69, 9.17) is 14.3 Å². The van der Waals surface area contributed by atoms with Gasteiger partial charge in [-0.25, -0.2) is 10.0 Å². The van der Waals surface area contributed by atoms with Crippen molar-refractivity contribution in [3.63, 3.8) is 0 Å². The molecule has 1 saturated heterocycles. The van der Waals surface area contributed by atoms with Gasteiger partial charge in [-0.1, -0.05) is 36.9 Å². The van der Waals surface area contributed by atoms with E-state index < -0.39 is 0 Å². The molecule has 1 atom stereocenters. The van der Waals surface area contributed by atoms with Gasteiger partial charge in [0.05, 0.1) is 36.8 Å². The molecule has 1 unspecified atom stereocenters. The van der Waals surface area contributed by atoms with Crippen molar-refractivity contribution < 1.29 is 19.1 Å². The van der Waals surface area contributed by atoms with Gasteiger partial charge in [0.1, 0.15) is 23.6 Å². The first-order chi connectivity index (χ1) is 21.8. The van der Waals surface area contributed by atoms with Crippen LogP contribution in [0.5, 0.6) is 17.2 Å². The number of rotatable bonds is 13. The predicted molar refractivity (Wildman–Crippen MR) is 176 cm³/mol. The Balaban J connectivity index is 1.39. The number of ether oxygens (including phenoxy) is 2. The lowest BCUT2D eigenvalue weighted by Gasteiger charge is -2.26. The summed E-state index contributed by atoms with van der Waals surface area (Å²) in [6, 6.07) is 21.1. The highest BCUT2D eigenvalue weighted by atomic mass is 16.7. The molecule has 0 saturated carbocycles. The van der Waals surface area contributed by atoms with Gasteiger partial charge in [0, 0.05) is 32.6 Å². The first-order valence-electron chi connectivity index (χ1n) is 14.6. The maximum atomic E-state index is 12.3. The van der Waals surface area contributed by atoms with Gasteiger partial charge in [-0.3, -0.25) is 9.63 Å². The number of likely N-dealkylation sites (N-methyl/N-ethyl adjacent to an activating group) is 2. The number of para-hydroxylation sites is 1. The average molecular weight is 611 g/mol. The molecule has 12 nitrogen and oxygen atoms in total. The molecule has 45 heavy (non-hydrogen) atoms. The standard InChI is InChI=1S/C33H38N8O4/c1-6-31(42)36-26-20-27(30(43-5)21-29(26)40(4)17-16-39(2)3)37-32-34-22-35-33(38-32)41-28(15-18-44-41)23-11-10-14-25(19-23)45-24-12-8-7-9-13-24/h6-14,19-22,28H,1,15-18H2,2-5H3,(H,36,42)(H,34,35,37,38). The molecule has 2 heterocycles. The molecule has 0 radical (unpaired) electrons. The maximum Gasteiger partial charge on any atom is 0.255 e. The minimum absolute atomic E-state index is 0.133. The Labute approximate surface area is 263 Å². The Hall–Kier alpha value is -5.20. The Kier molecular flexibility index (Phi) is 10.1. The quantitative estimate of drug-likeness (QED) is 0.189. The van der Waals surface area contributed by atoms with Gasteiger partial charge in [-0.2, -0.15) is 9.97 Å². The van der Waals surface area contributed by atoms with Crippen molar-refractivity contribution >= 4 is 34.9 Å². The molecular weight excluding hydrogens is 572 g/mol. The topological polar surface area (TPSA) is 117 Å². The third-order valence-electron chi connectivity index (χ3n) is 7.18. The van der Waals surface area contributed by atoms with Gasteiger partial charge in [-0.05, 0) is 56.1 Å². The van der Waals surface area contributed by atoms with Crippen molar-refractivity contribution in [3.05, 3.63) is 91.3 Å². The number of hydroxylamine groups is 1. The normalized spacial score (nSPS) is 14.2. The minimum Gasteiger partial charge on any atom is -0.494 e. The zero-order valence-electron chi connectivity index (χ0n) is 25.9. The summed E-state index contributed by atoms with van der Waals surface area (Å²) in [4.78, 5) is 35.9. The molecule has 12 heteroatoms. The van der Waals surface area contributed by atoms with E-state index in [9.17, 15) is 4.79 Å². The number of carbonyl (C=O) groups is 1. The molecule has 1 aromatic heterocycles. The van der Waals surface area contributed by atoms with E-state index in [1.807, 2.05) is 81.8 Å². The van der Waals surface area contributed by atoms with Crippen molar-refractivity contribution in [2.75, 3.05) is 68.5 Å². The summed E-state index contributed by atoms with van der Waals surface area (Å²) in [6.07, 6.45) is 3.40. The summed E-state index contributed by atoms with van der Waals surface area (Å²) in [7, 11) is 7.57. The fourth-order valence-corrected chi connectivity index (χ4v) is 4.86. The number of carbonyl (C=O) groups excluding carboxylic acids is 1. The van der Waals surface area contributed by atoms with Crippen molar-refractivity contribution in [1.29, 1.82) is 0 Å². The third-order valence-corrected chi connectivity index (χ3v) is 7.18. The van der Waals surface area contributed by atoms with Crippen LogP contribution in [0.4, 0.5) is 29.0 Å². The summed E-state index contributed by atoms with van der Waals surface area (Å²) in [5.41, 5.74) is 2.94. The summed E-state index contributed by atoms with van der Waals surface area (Å²) in [5, 5.41) is 7.84. The monoisotopic (exact) mass is 610 g/mol. The second-order valence-corrected chi connectivity index (χ2v) is 10.7. The summed E-state index contributed by atoms with van der Waals surface area (Å²) < 4.78 is 11.8. The van der Waals surface area contributed by atoms with Crippen LogP contribution in [-0.4, -0.2) is 73.7 Å². The van der Waals surface area contributed by atoms with Gasteiger partial charge < -0.3 is 29.9 Å². The van der Waals surface area contributed by atoms with E-state index in [0.717, 1.165) is 42.3 Å². The molecule has 0 aliphatic carbocycles. The number of aromatic nitrogens is 3. The summed E-state index contributed by atoms with van der Waals surface area (Å²) in [5.74, 6) is 2.34. The molecule has 2 N–H and O–H groups in total. The number of anilines is 5. The number of hydrogen-bond donors (Lipinski definition) is 2. The first-order valence-corrected chi connectivity index (χ1v) is 14.6. The Bertz CT molecular complexity index is 1620. The van der Waals surface area contributed by atoms with E-state index in [2.05, 4.69) is 42.0 Å². The molecule has 1 fully saturated rings. The number of nitrogens with zero attached hydrogens (tertiary/aromatic N) is 6. The first kappa shape index (κ1) is 31.2. The molecule has 4 aromatic rings. The molecular formula is C33H38N8O4. The van der Waals surface area contributed by atoms with Crippen LogP contribution >= 0.6 is 0 Å². The fourth-order valence-electron chi connectivity index (χ4n) is 4.86. The van der Waals surface area contributed by atoms with Gasteiger partial charge >= 0.3 is 0 Å². The molecule has 3 aromatic carbocycles. The van der Waals surface area contributed by atoms with Gasteiger partial charge in [0.15, 0.2) is 0 Å². The van der Waals surface area contributed by atoms with Crippen LogP contribution in [0.2, 0.25) is 0 Å². The molecule has 0 bridgehead atoms. The minimum atomic E-state index is -0.328. The number of benzene rings is 3. The molecule has 234 valence electrons. The average Bonchev–Trinajstić information content (AvgIpc) is 3.55. The number of nitrogens with one attached hydrogen (secondary N) is 2. The Morgan fingerprint density at radius 3 is 2.60 bits per heavy atom. The van der Waals surface area contributed by atoms with Gasteiger partial charge in [0.25, 0.3) is 5.95 Å². The largest absolute Gasteiger partial charge is 0.494 e. The van der Waals surface area contributed by atoms with E-state index in [-0.39, 0.29) is 17.9 Å². The van der Waals surface area contributed by atoms with Crippen LogP contribution in [0.1, 0.15) is 18.0 Å². The van der Waals surface area contributed by atoms with E-state index in [1.165, 1.54) is 12.4 Å². The van der Waals surface area contributed by atoms with E-state index in [1.54, 1.807) is 18.2 Å². The lowest BCUT2D eigenvalue weighted by Crippen LogP contribution is -2.29. The van der Waals surface area contributed by atoms with Gasteiger partial charge in [-0.15, -0.1) is 0 Å². The lowest BCUT2D eigenvalue weighted by molar-refractivity contribution is -0.111. The summed E-state index contributed by atoms with van der Waals surface area (Å²) >= 11 is 0.